The molecule has 15 heteroatoms. The minimum atomic E-state index is -4.70. The van der Waals surface area contributed by atoms with Crippen molar-refractivity contribution >= 4 is 35.6 Å². The van der Waals surface area contributed by atoms with E-state index in [0.29, 0.717) is 42.5 Å². The largest absolute Gasteiger partial charge is 1.00 e. The Bertz CT molecular complexity index is 1070. The summed E-state index contributed by atoms with van der Waals surface area (Å²) in [6.45, 7) is 11.0. The predicted octanol–water partition coefficient (Wildman–Crippen LogP) is 6.25. The van der Waals surface area contributed by atoms with E-state index in [1.807, 2.05) is 0 Å². The summed E-state index contributed by atoms with van der Waals surface area (Å²) in [6, 6.07) is 4.21. The van der Waals surface area contributed by atoms with Crippen molar-refractivity contribution < 1.29 is 73.5 Å². The number of halogens is 8. The van der Waals surface area contributed by atoms with Gasteiger partial charge in [-0.1, -0.05) is 26.3 Å². The molecule has 1 N–H and O–H groups in total. The Morgan fingerprint density at radius 3 is 1.76 bits per heavy atom. The quantitative estimate of drug-likeness (QED) is 0.162. The Labute approximate surface area is 254 Å². The van der Waals surface area contributed by atoms with Gasteiger partial charge in [0.05, 0.1) is 39.8 Å². The maximum absolute atomic E-state index is 13.7. The van der Waals surface area contributed by atoms with Crippen LogP contribution in [0.2, 0.25) is 0 Å². The monoisotopic (exact) mass is 627 g/mol. The van der Waals surface area contributed by atoms with E-state index < -0.39 is 51.5 Å². The smallest absolute Gasteiger partial charge is 0.478 e. The number of carboxylic acid groups (broad SMARTS) is 1. The van der Waals surface area contributed by atoms with Crippen molar-refractivity contribution in [2.75, 3.05) is 11.5 Å². The third-order valence-electron chi connectivity index (χ3n) is 4.10. The number of carboxylic acids is 1. The third-order valence-corrected chi connectivity index (χ3v) is 6.60. The molecule has 0 aliphatic heterocycles. The first-order valence-electron chi connectivity index (χ1n) is 11.4. The zero-order valence-electron chi connectivity index (χ0n) is 22.6. The maximum Gasteiger partial charge on any atom is 1.00 e. The average Bonchev–Trinajstić information content (AvgIpc) is 2.86. The number of carbonyl (C=O) groups excluding carboxylic acids is 2. The second-order valence-corrected chi connectivity index (χ2v) is 9.42. The summed E-state index contributed by atoms with van der Waals surface area (Å²) in [5.41, 5.74) is -2.80. The van der Waals surface area contributed by atoms with Crippen LogP contribution >= 0.6 is 23.5 Å². The fourth-order valence-electron chi connectivity index (χ4n) is 2.34. The van der Waals surface area contributed by atoms with Crippen LogP contribution in [-0.4, -0.2) is 28.7 Å². The number of alkyl halides is 6. The summed E-state index contributed by atoms with van der Waals surface area (Å²) in [5, 5.41) is 8.68. The second-order valence-electron chi connectivity index (χ2n) is 7.21. The van der Waals surface area contributed by atoms with Crippen LogP contribution in [0, 0.1) is 25.5 Å². The van der Waals surface area contributed by atoms with Crippen molar-refractivity contribution in [3.05, 3.63) is 72.5 Å². The van der Waals surface area contributed by atoms with Gasteiger partial charge in [-0.15, -0.1) is 23.5 Å². The van der Waals surface area contributed by atoms with Crippen molar-refractivity contribution in [2.24, 2.45) is 0 Å². The van der Waals surface area contributed by atoms with Crippen LogP contribution in [0.5, 0.6) is 0 Å². The van der Waals surface area contributed by atoms with Crippen LogP contribution in [0.1, 0.15) is 61.0 Å². The van der Waals surface area contributed by atoms with Crippen LogP contribution in [0.15, 0.2) is 40.1 Å². The Kier molecular flexibility index (Phi) is 23.8. The van der Waals surface area contributed by atoms with E-state index in [1.54, 1.807) is 6.92 Å². The van der Waals surface area contributed by atoms with Crippen molar-refractivity contribution in [1.29, 1.82) is 0 Å². The topological polar surface area (TPSA) is 71.4 Å². The summed E-state index contributed by atoms with van der Waals surface area (Å²) < 4.78 is 102. The molecule has 2 aromatic rings. The van der Waals surface area contributed by atoms with Crippen molar-refractivity contribution in [2.45, 2.75) is 61.7 Å². The van der Waals surface area contributed by atoms with Crippen molar-refractivity contribution in [3.63, 3.8) is 0 Å². The minimum absolute atomic E-state index is 0. The minimum Gasteiger partial charge on any atom is -0.478 e. The molecule has 0 atom stereocenters. The van der Waals surface area contributed by atoms with Gasteiger partial charge in [0.25, 0.3) is 0 Å². The standard InChI is InChI=1S/C11H10F4O2S.C10H9F4S.C4H9.CO2.Li/c1-2-5-18-9-7(11(13,14)15)4-3-6(8(9)12)10(16)17;1-2-6-15-9-7(10(12,13)14)4-3-5-8(9)11;1-3-4-2;2-1-3;/h3-4H,2,5H2,1H3,(H,16,17);3-5H,1-2,6H2;1,3-4H2,2H3;;/q;+1;-1;;+1. The molecule has 0 aliphatic carbocycles. The van der Waals surface area contributed by atoms with E-state index in [9.17, 15) is 39.9 Å². The Hall–Kier alpha value is -2.10. The van der Waals surface area contributed by atoms with Crippen LogP contribution < -0.4 is 18.9 Å². The van der Waals surface area contributed by atoms with E-state index in [0.717, 1.165) is 36.4 Å². The summed E-state index contributed by atoms with van der Waals surface area (Å²) in [4.78, 5) is 25.9. The van der Waals surface area contributed by atoms with Crippen LogP contribution in [0.4, 0.5) is 35.1 Å². The number of benzene rings is 2. The molecular formula is C26H28F8LiO4S2+. The van der Waals surface area contributed by atoms with Crippen LogP contribution in [0.25, 0.3) is 0 Å². The molecule has 224 valence electrons. The molecule has 0 spiro atoms. The molecule has 4 nitrogen and oxygen atoms in total. The van der Waals surface area contributed by atoms with E-state index in [1.165, 1.54) is 6.42 Å². The van der Waals surface area contributed by atoms with E-state index in [-0.39, 0.29) is 35.7 Å². The molecule has 41 heavy (non-hydrogen) atoms. The SMILES string of the molecule is CCCSc1c(C(F)(F)F)ccc(C(=O)O)c1F.O=C=O.[CH2+]CCSc1c(F)cccc1C(F)(F)F.[CH2-]CCC.[Li+]. The first-order chi connectivity index (χ1) is 18.6. The van der Waals surface area contributed by atoms with E-state index >= 15 is 0 Å². The fourth-order valence-corrected chi connectivity index (χ4v) is 4.22. The molecule has 0 bridgehead atoms. The van der Waals surface area contributed by atoms with Gasteiger partial charge in [0, 0.05) is 5.75 Å². The van der Waals surface area contributed by atoms with Gasteiger partial charge in [-0.2, -0.15) is 42.4 Å². The molecule has 0 fully saturated rings. The van der Waals surface area contributed by atoms with Gasteiger partial charge in [0.1, 0.15) is 5.82 Å². The zero-order chi connectivity index (χ0) is 31.5. The number of rotatable bonds is 8. The molecular weight excluding hydrogens is 599 g/mol. The van der Waals surface area contributed by atoms with Gasteiger partial charge in [-0.05, 0) is 36.4 Å². The molecule has 0 saturated carbocycles. The number of carbonyl (C=O) groups is 1. The zero-order valence-corrected chi connectivity index (χ0v) is 24.2. The molecule has 0 unspecified atom stereocenters. The average molecular weight is 628 g/mol. The Morgan fingerprint density at radius 2 is 1.37 bits per heavy atom. The number of aromatic carboxylic acids is 1. The molecule has 0 saturated heterocycles. The molecule has 2 aromatic carbocycles. The van der Waals surface area contributed by atoms with E-state index in [2.05, 4.69) is 20.8 Å². The summed E-state index contributed by atoms with van der Waals surface area (Å²) >= 11 is 1.52. The number of hydrogen-bond acceptors (Lipinski definition) is 5. The van der Waals surface area contributed by atoms with Gasteiger partial charge in [0.15, 0.2) is 5.82 Å². The molecule has 0 radical (unpaired) electrons. The summed E-state index contributed by atoms with van der Waals surface area (Å²) in [5.74, 6) is -3.09. The molecule has 0 amide bonds. The number of hydrogen-bond donors (Lipinski definition) is 1. The van der Waals surface area contributed by atoms with Gasteiger partial charge < -0.3 is 12.0 Å². The van der Waals surface area contributed by atoms with Crippen molar-refractivity contribution in [1.82, 2.24) is 0 Å². The number of thioether (sulfide) groups is 2. The normalized spacial score (nSPS) is 10.3. The van der Waals surface area contributed by atoms with Crippen molar-refractivity contribution in [3.8, 4) is 0 Å². The first-order valence-corrected chi connectivity index (χ1v) is 13.4. The van der Waals surface area contributed by atoms with Crippen LogP contribution in [0.3, 0.4) is 0 Å². The fraction of sp³-hybridized carbons (Fsp3) is 0.385. The third kappa shape index (κ3) is 16.8. The maximum atomic E-state index is 13.7. The van der Waals surface area contributed by atoms with Gasteiger partial charge in [0.2, 0.25) is 0 Å². The number of unbranched alkanes of at least 4 members (excludes halogenated alkanes) is 1. The summed E-state index contributed by atoms with van der Waals surface area (Å²) in [7, 11) is 0. The van der Waals surface area contributed by atoms with Gasteiger partial charge in [-0.3, -0.25) is 0 Å². The summed E-state index contributed by atoms with van der Waals surface area (Å²) in [6.07, 6.45) is -5.67. The molecule has 2 rings (SSSR count). The molecule has 0 aromatic heterocycles. The Balaban J connectivity index is -0.000000567. The van der Waals surface area contributed by atoms with E-state index in [4.69, 9.17) is 14.7 Å². The van der Waals surface area contributed by atoms with Gasteiger partial charge >= 0.3 is 43.3 Å². The predicted molar refractivity (Wildman–Crippen MR) is 137 cm³/mol. The second kappa shape index (κ2) is 22.5. The first kappa shape index (κ1) is 43.4. The molecule has 0 aliphatic rings. The Morgan fingerprint density at radius 1 is 0.902 bits per heavy atom. The van der Waals surface area contributed by atoms with Gasteiger partial charge in [-0.25, -0.2) is 13.6 Å². The van der Waals surface area contributed by atoms with Crippen LogP contribution in [-0.2, 0) is 21.9 Å². The molecule has 0 heterocycles.